The van der Waals surface area contributed by atoms with Crippen molar-refractivity contribution in [2.24, 2.45) is 5.92 Å². The molecular weight excluding hydrogens is 310 g/mol. The first kappa shape index (κ1) is 16.4. The number of aliphatic carboxylic acids is 1. The lowest BCUT2D eigenvalue weighted by Crippen LogP contribution is -2.40. The van der Waals surface area contributed by atoms with E-state index in [0.29, 0.717) is 38.8 Å². The number of aromatic nitrogens is 1. The molecule has 2 amide bonds. The van der Waals surface area contributed by atoms with E-state index in [-0.39, 0.29) is 23.7 Å². The molecule has 2 aliphatic heterocycles. The minimum absolute atomic E-state index is 0.222. The highest BCUT2D eigenvalue weighted by molar-refractivity contribution is 6.01. The number of carboxylic acid groups (broad SMARTS) is 1. The highest BCUT2D eigenvalue weighted by Crippen LogP contribution is 2.29. The van der Waals surface area contributed by atoms with E-state index < -0.39 is 5.97 Å². The average Bonchev–Trinajstić information content (AvgIpc) is 2.55. The number of piperidine rings is 2. The maximum atomic E-state index is 12.0. The predicted octanol–water partition coefficient (Wildman–Crippen LogP) is 1.21. The van der Waals surface area contributed by atoms with Gasteiger partial charge in [0.1, 0.15) is 5.82 Å². The molecule has 0 saturated carbocycles. The summed E-state index contributed by atoms with van der Waals surface area (Å²) in [6.07, 6.45) is 3.81. The van der Waals surface area contributed by atoms with Crippen LogP contribution in [0, 0.1) is 12.8 Å². The van der Waals surface area contributed by atoms with Crippen LogP contribution in [0.25, 0.3) is 0 Å². The van der Waals surface area contributed by atoms with Crippen LogP contribution in [-0.2, 0) is 14.4 Å². The second-order valence-corrected chi connectivity index (χ2v) is 6.50. The van der Waals surface area contributed by atoms with Crippen molar-refractivity contribution in [2.75, 3.05) is 18.0 Å². The maximum Gasteiger partial charge on any atom is 0.306 e. The molecule has 0 radical (unpaired) electrons. The van der Waals surface area contributed by atoms with Crippen LogP contribution in [0.4, 0.5) is 5.82 Å². The topological polar surface area (TPSA) is 99.6 Å². The van der Waals surface area contributed by atoms with Gasteiger partial charge >= 0.3 is 5.97 Å². The Morgan fingerprint density at radius 3 is 2.58 bits per heavy atom. The molecule has 0 aromatic carbocycles. The molecule has 0 spiro atoms. The predicted molar refractivity (Wildman–Crippen MR) is 86.7 cm³/mol. The van der Waals surface area contributed by atoms with Crippen LogP contribution in [0.15, 0.2) is 12.3 Å². The third-order valence-corrected chi connectivity index (χ3v) is 4.92. The molecule has 7 heteroatoms. The van der Waals surface area contributed by atoms with Crippen LogP contribution in [0.3, 0.4) is 0 Å². The molecule has 0 bridgehead atoms. The molecular formula is C17H21N3O4. The molecule has 2 aliphatic rings. The largest absolute Gasteiger partial charge is 0.481 e. The van der Waals surface area contributed by atoms with Crippen LogP contribution in [0.2, 0.25) is 0 Å². The van der Waals surface area contributed by atoms with Crippen LogP contribution in [-0.4, -0.2) is 41.0 Å². The molecule has 0 aliphatic carbocycles. The molecule has 2 fully saturated rings. The van der Waals surface area contributed by atoms with Gasteiger partial charge in [0.25, 0.3) is 0 Å². The van der Waals surface area contributed by atoms with Crippen LogP contribution in [0.5, 0.6) is 0 Å². The van der Waals surface area contributed by atoms with Gasteiger partial charge in [-0.2, -0.15) is 0 Å². The number of imide groups is 1. The number of pyridine rings is 1. The van der Waals surface area contributed by atoms with Crippen molar-refractivity contribution in [1.29, 1.82) is 0 Å². The van der Waals surface area contributed by atoms with Crippen LogP contribution >= 0.6 is 0 Å². The maximum absolute atomic E-state index is 12.0. The zero-order valence-corrected chi connectivity index (χ0v) is 13.6. The molecule has 24 heavy (non-hydrogen) atoms. The van der Waals surface area contributed by atoms with Crippen molar-refractivity contribution >= 4 is 23.6 Å². The van der Waals surface area contributed by atoms with Crippen LogP contribution in [0.1, 0.15) is 42.7 Å². The third-order valence-electron chi connectivity index (χ3n) is 4.92. The van der Waals surface area contributed by atoms with Gasteiger partial charge in [0.15, 0.2) is 0 Å². The Labute approximate surface area is 140 Å². The zero-order chi connectivity index (χ0) is 17.3. The van der Waals surface area contributed by atoms with E-state index >= 15 is 0 Å². The van der Waals surface area contributed by atoms with E-state index in [1.807, 2.05) is 13.0 Å². The molecule has 1 atom stereocenters. The van der Waals surface area contributed by atoms with E-state index in [1.165, 1.54) is 0 Å². The Kier molecular flexibility index (Phi) is 4.51. The summed E-state index contributed by atoms with van der Waals surface area (Å²) < 4.78 is 0. The van der Waals surface area contributed by atoms with Gasteiger partial charge in [0, 0.05) is 25.7 Å². The van der Waals surface area contributed by atoms with Gasteiger partial charge < -0.3 is 10.0 Å². The fraction of sp³-hybridized carbons (Fsp3) is 0.529. The molecule has 1 aromatic heterocycles. The van der Waals surface area contributed by atoms with Crippen molar-refractivity contribution in [1.82, 2.24) is 10.3 Å². The minimum atomic E-state index is -0.730. The number of hydrogen-bond acceptors (Lipinski definition) is 5. The van der Waals surface area contributed by atoms with Gasteiger partial charge in [-0.3, -0.25) is 19.7 Å². The van der Waals surface area contributed by atoms with Gasteiger partial charge in [0.05, 0.1) is 11.8 Å². The Balaban J connectivity index is 1.72. The summed E-state index contributed by atoms with van der Waals surface area (Å²) >= 11 is 0. The summed E-state index contributed by atoms with van der Waals surface area (Å²) in [7, 11) is 0. The highest BCUT2D eigenvalue weighted by Gasteiger charge is 2.30. The van der Waals surface area contributed by atoms with E-state index in [2.05, 4.69) is 15.2 Å². The quantitative estimate of drug-likeness (QED) is 0.808. The van der Waals surface area contributed by atoms with Crippen molar-refractivity contribution in [3.8, 4) is 0 Å². The van der Waals surface area contributed by atoms with E-state index in [0.717, 1.165) is 16.9 Å². The SMILES string of the molecule is Cc1cc(N2CCC(C(=O)O)CC2)ncc1C1CCC(=O)NC1=O. The van der Waals surface area contributed by atoms with Gasteiger partial charge in [-0.05, 0) is 43.4 Å². The molecule has 2 saturated heterocycles. The number of amides is 2. The number of rotatable bonds is 3. The number of nitrogens with one attached hydrogen (secondary N) is 1. The lowest BCUT2D eigenvalue weighted by atomic mass is 9.89. The summed E-state index contributed by atoms with van der Waals surface area (Å²) in [5.74, 6) is -1.00. The lowest BCUT2D eigenvalue weighted by molar-refractivity contribution is -0.142. The second kappa shape index (κ2) is 6.59. The fourth-order valence-electron chi connectivity index (χ4n) is 3.44. The first-order chi connectivity index (χ1) is 11.5. The van der Waals surface area contributed by atoms with Crippen molar-refractivity contribution in [3.05, 3.63) is 23.4 Å². The highest BCUT2D eigenvalue weighted by atomic mass is 16.4. The Bertz CT molecular complexity index is 680. The van der Waals surface area contributed by atoms with Gasteiger partial charge in [-0.1, -0.05) is 0 Å². The summed E-state index contributed by atoms with van der Waals surface area (Å²) in [6, 6.07) is 1.94. The minimum Gasteiger partial charge on any atom is -0.481 e. The normalized spacial score (nSPS) is 22.4. The van der Waals surface area contributed by atoms with Gasteiger partial charge in [-0.25, -0.2) is 4.98 Å². The summed E-state index contributed by atoms with van der Waals surface area (Å²) in [4.78, 5) is 40.9. The van der Waals surface area contributed by atoms with Gasteiger partial charge in [0.2, 0.25) is 11.8 Å². The van der Waals surface area contributed by atoms with E-state index in [4.69, 9.17) is 5.11 Å². The number of carboxylic acids is 1. The molecule has 1 unspecified atom stereocenters. The second-order valence-electron chi connectivity index (χ2n) is 6.50. The van der Waals surface area contributed by atoms with E-state index in [9.17, 15) is 14.4 Å². The fourth-order valence-corrected chi connectivity index (χ4v) is 3.44. The van der Waals surface area contributed by atoms with Crippen molar-refractivity contribution in [2.45, 2.75) is 38.5 Å². The van der Waals surface area contributed by atoms with Crippen molar-refractivity contribution < 1.29 is 19.5 Å². The molecule has 7 nitrogen and oxygen atoms in total. The Morgan fingerprint density at radius 1 is 1.29 bits per heavy atom. The summed E-state index contributed by atoms with van der Waals surface area (Å²) in [5, 5.41) is 11.4. The Morgan fingerprint density at radius 2 is 2.00 bits per heavy atom. The molecule has 2 N–H and O–H groups in total. The van der Waals surface area contributed by atoms with E-state index in [1.54, 1.807) is 6.20 Å². The first-order valence-electron chi connectivity index (χ1n) is 8.23. The number of anilines is 1. The monoisotopic (exact) mass is 331 g/mol. The zero-order valence-electron chi connectivity index (χ0n) is 13.6. The molecule has 3 rings (SSSR count). The molecule has 1 aromatic rings. The average molecular weight is 331 g/mol. The number of hydrogen-bond donors (Lipinski definition) is 2. The number of carbonyl (C=O) groups is 3. The standard InChI is InChI=1S/C17H21N3O4/c1-10-8-14(20-6-4-11(5-7-20)17(23)24)18-9-13(10)12-2-3-15(21)19-16(12)22/h8-9,11-12H,2-7H2,1H3,(H,23,24)(H,19,21,22). The number of nitrogens with zero attached hydrogens (tertiary/aromatic N) is 2. The summed E-state index contributed by atoms with van der Waals surface area (Å²) in [6.45, 7) is 3.27. The Hall–Kier alpha value is -2.44. The number of aryl methyl sites for hydroxylation is 1. The summed E-state index contributed by atoms with van der Waals surface area (Å²) in [5.41, 5.74) is 1.82. The van der Waals surface area contributed by atoms with Crippen molar-refractivity contribution in [3.63, 3.8) is 0 Å². The molecule has 128 valence electrons. The lowest BCUT2D eigenvalue weighted by Gasteiger charge is -2.31. The third kappa shape index (κ3) is 3.25. The number of carbonyl (C=O) groups excluding carboxylic acids is 2. The van der Waals surface area contributed by atoms with Gasteiger partial charge in [-0.15, -0.1) is 0 Å². The van der Waals surface area contributed by atoms with Crippen LogP contribution < -0.4 is 10.2 Å². The first-order valence-corrected chi connectivity index (χ1v) is 8.23. The smallest absolute Gasteiger partial charge is 0.306 e. The molecule has 3 heterocycles.